The largest absolute Gasteiger partial charge is 0.384 e. The van der Waals surface area contributed by atoms with E-state index >= 15 is 0 Å². The molecular weight excluding hydrogens is 204 g/mol. The van der Waals surface area contributed by atoms with E-state index in [1.807, 2.05) is 6.07 Å². The number of hydrazine groups is 1. The molecule has 0 aromatic carbocycles. The number of nitrogen functional groups attached to an aromatic ring is 1. The normalized spacial score (nSPS) is 11.6. The molecule has 0 amide bonds. The Bertz CT molecular complexity index is 346. The maximum Gasteiger partial charge on any atom is 0.143 e. The van der Waals surface area contributed by atoms with Crippen LogP contribution in [0.4, 0.5) is 5.82 Å². The van der Waals surface area contributed by atoms with Crippen molar-refractivity contribution in [3.63, 3.8) is 0 Å². The summed E-state index contributed by atoms with van der Waals surface area (Å²) in [6, 6.07) is 1.87. The lowest BCUT2D eigenvalue weighted by Gasteiger charge is -2.19. The second-order valence-electron chi connectivity index (χ2n) is 4.69. The molecule has 0 spiro atoms. The number of anilines is 1. The van der Waals surface area contributed by atoms with Gasteiger partial charge in [-0.05, 0) is 0 Å². The van der Waals surface area contributed by atoms with E-state index in [4.69, 9.17) is 10.6 Å². The lowest BCUT2D eigenvalue weighted by Crippen LogP contribution is -2.19. The topological polar surface area (TPSA) is 73.1 Å². The first-order valence-electron chi connectivity index (χ1n) is 5.31. The fraction of sp³-hybridized carbons (Fsp3) is 0.636. The number of methoxy groups -OCH3 is 1. The molecule has 0 aliphatic heterocycles. The van der Waals surface area contributed by atoms with E-state index < -0.39 is 0 Å². The van der Waals surface area contributed by atoms with Crippen LogP contribution in [0, 0.1) is 0 Å². The van der Waals surface area contributed by atoms with Crippen LogP contribution in [0.25, 0.3) is 0 Å². The average molecular weight is 224 g/mol. The van der Waals surface area contributed by atoms with E-state index in [1.54, 1.807) is 7.11 Å². The molecule has 16 heavy (non-hydrogen) atoms. The molecule has 0 aliphatic rings. The standard InChI is InChI=1S/C11H20N4O/c1-11(2,3)8-7-10(15-12)14-9(13-8)5-6-16-4/h7H,5-6,12H2,1-4H3,(H,13,14,15). The Labute approximate surface area is 96.4 Å². The van der Waals surface area contributed by atoms with Crippen molar-refractivity contribution in [2.45, 2.75) is 32.6 Å². The molecule has 1 aromatic rings. The van der Waals surface area contributed by atoms with Gasteiger partial charge in [-0.25, -0.2) is 15.8 Å². The molecule has 0 saturated heterocycles. The molecule has 1 heterocycles. The Morgan fingerprint density at radius 3 is 2.56 bits per heavy atom. The monoisotopic (exact) mass is 224 g/mol. The van der Waals surface area contributed by atoms with E-state index in [0.717, 1.165) is 11.5 Å². The molecule has 0 atom stereocenters. The van der Waals surface area contributed by atoms with Crippen molar-refractivity contribution in [1.29, 1.82) is 0 Å². The second kappa shape index (κ2) is 5.23. The van der Waals surface area contributed by atoms with E-state index in [9.17, 15) is 0 Å². The molecule has 0 saturated carbocycles. The number of hydrogen-bond acceptors (Lipinski definition) is 5. The van der Waals surface area contributed by atoms with Crippen LogP contribution in [0.3, 0.4) is 0 Å². The van der Waals surface area contributed by atoms with Crippen molar-refractivity contribution in [3.8, 4) is 0 Å². The highest BCUT2D eigenvalue weighted by atomic mass is 16.5. The van der Waals surface area contributed by atoms with E-state index in [1.165, 1.54) is 0 Å². The summed E-state index contributed by atoms with van der Waals surface area (Å²) >= 11 is 0. The quantitative estimate of drug-likeness (QED) is 0.595. The number of aromatic nitrogens is 2. The van der Waals surface area contributed by atoms with Gasteiger partial charge in [-0.2, -0.15) is 0 Å². The van der Waals surface area contributed by atoms with Crippen molar-refractivity contribution in [2.24, 2.45) is 5.84 Å². The highest BCUT2D eigenvalue weighted by Crippen LogP contribution is 2.21. The van der Waals surface area contributed by atoms with Gasteiger partial charge < -0.3 is 10.2 Å². The van der Waals surface area contributed by atoms with Gasteiger partial charge in [-0.3, -0.25) is 0 Å². The minimum absolute atomic E-state index is 0.0175. The zero-order valence-corrected chi connectivity index (χ0v) is 10.4. The van der Waals surface area contributed by atoms with Crippen molar-refractivity contribution in [1.82, 2.24) is 9.97 Å². The van der Waals surface area contributed by atoms with Gasteiger partial charge in [0.2, 0.25) is 0 Å². The summed E-state index contributed by atoms with van der Waals surface area (Å²) in [7, 11) is 1.66. The SMILES string of the molecule is COCCc1nc(NN)cc(C(C)(C)C)n1. The minimum atomic E-state index is -0.0175. The molecule has 0 bridgehead atoms. The van der Waals surface area contributed by atoms with Gasteiger partial charge in [0.1, 0.15) is 11.6 Å². The smallest absolute Gasteiger partial charge is 0.143 e. The van der Waals surface area contributed by atoms with Gasteiger partial charge in [-0.1, -0.05) is 20.8 Å². The predicted molar refractivity (Wildman–Crippen MR) is 64.1 cm³/mol. The van der Waals surface area contributed by atoms with Crippen LogP contribution in [-0.4, -0.2) is 23.7 Å². The number of rotatable bonds is 4. The van der Waals surface area contributed by atoms with Crippen LogP contribution in [0.5, 0.6) is 0 Å². The third-order valence-electron chi connectivity index (χ3n) is 2.22. The summed E-state index contributed by atoms with van der Waals surface area (Å²) in [6.45, 7) is 6.93. The lowest BCUT2D eigenvalue weighted by molar-refractivity contribution is 0.200. The Kier molecular flexibility index (Phi) is 4.20. The molecule has 5 nitrogen and oxygen atoms in total. The molecule has 1 aromatic heterocycles. The first-order chi connectivity index (χ1) is 7.47. The summed E-state index contributed by atoms with van der Waals surface area (Å²) in [6.07, 6.45) is 0.690. The summed E-state index contributed by atoms with van der Waals surface area (Å²) in [5, 5.41) is 0. The fourth-order valence-corrected chi connectivity index (χ4v) is 1.26. The predicted octanol–water partition coefficient (Wildman–Crippen LogP) is 1.25. The highest BCUT2D eigenvalue weighted by Gasteiger charge is 2.17. The molecule has 1 rings (SSSR count). The molecule has 90 valence electrons. The Morgan fingerprint density at radius 1 is 1.38 bits per heavy atom. The summed E-state index contributed by atoms with van der Waals surface area (Å²) in [5.41, 5.74) is 3.52. The second-order valence-corrected chi connectivity index (χ2v) is 4.69. The molecule has 0 radical (unpaired) electrons. The van der Waals surface area contributed by atoms with Crippen LogP contribution in [0.1, 0.15) is 32.3 Å². The lowest BCUT2D eigenvalue weighted by atomic mass is 9.92. The van der Waals surface area contributed by atoms with Gasteiger partial charge in [-0.15, -0.1) is 0 Å². The third-order valence-corrected chi connectivity index (χ3v) is 2.22. The van der Waals surface area contributed by atoms with Crippen molar-refractivity contribution < 1.29 is 4.74 Å². The number of nitrogens with zero attached hydrogens (tertiary/aromatic N) is 2. The fourth-order valence-electron chi connectivity index (χ4n) is 1.26. The first-order valence-corrected chi connectivity index (χ1v) is 5.31. The Balaban J connectivity index is 3.01. The number of nitrogens with one attached hydrogen (secondary N) is 1. The zero-order valence-electron chi connectivity index (χ0n) is 10.4. The van der Waals surface area contributed by atoms with Crippen LogP contribution < -0.4 is 11.3 Å². The molecule has 3 N–H and O–H groups in total. The van der Waals surface area contributed by atoms with E-state index in [0.29, 0.717) is 18.8 Å². The maximum absolute atomic E-state index is 5.39. The third kappa shape index (κ3) is 3.43. The van der Waals surface area contributed by atoms with E-state index in [-0.39, 0.29) is 5.41 Å². The van der Waals surface area contributed by atoms with Crippen molar-refractivity contribution >= 4 is 5.82 Å². The number of nitrogens with two attached hydrogens (primary N) is 1. The molecule has 0 unspecified atom stereocenters. The van der Waals surface area contributed by atoms with Crippen molar-refractivity contribution in [3.05, 3.63) is 17.6 Å². The van der Waals surface area contributed by atoms with Gasteiger partial charge >= 0.3 is 0 Å². The van der Waals surface area contributed by atoms with Gasteiger partial charge in [0.05, 0.1) is 12.3 Å². The van der Waals surface area contributed by atoms with Crippen LogP contribution >= 0.6 is 0 Å². The first kappa shape index (κ1) is 12.9. The molecular formula is C11H20N4O. The maximum atomic E-state index is 5.39. The Hall–Kier alpha value is -1.20. The molecule has 0 fully saturated rings. The average Bonchev–Trinajstić information content (AvgIpc) is 2.24. The molecule has 0 aliphatic carbocycles. The molecule has 5 heteroatoms. The van der Waals surface area contributed by atoms with Gasteiger partial charge in [0.25, 0.3) is 0 Å². The van der Waals surface area contributed by atoms with Gasteiger partial charge in [0.15, 0.2) is 0 Å². The number of hydrogen-bond donors (Lipinski definition) is 2. The summed E-state index contributed by atoms with van der Waals surface area (Å²) < 4.78 is 5.01. The van der Waals surface area contributed by atoms with Crippen LogP contribution in [0.2, 0.25) is 0 Å². The zero-order chi connectivity index (χ0) is 12.2. The minimum Gasteiger partial charge on any atom is -0.384 e. The van der Waals surface area contributed by atoms with Crippen LogP contribution in [-0.2, 0) is 16.6 Å². The van der Waals surface area contributed by atoms with Crippen LogP contribution in [0.15, 0.2) is 6.07 Å². The Morgan fingerprint density at radius 2 is 2.06 bits per heavy atom. The van der Waals surface area contributed by atoms with Gasteiger partial charge in [0, 0.05) is 25.0 Å². The number of ether oxygens (including phenoxy) is 1. The summed E-state index contributed by atoms with van der Waals surface area (Å²) in [5.74, 6) is 6.78. The summed E-state index contributed by atoms with van der Waals surface area (Å²) in [4.78, 5) is 8.78. The van der Waals surface area contributed by atoms with Crippen molar-refractivity contribution in [2.75, 3.05) is 19.1 Å². The highest BCUT2D eigenvalue weighted by molar-refractivity contribution is 5.36. The van der Waals surface area contributed by atoms with E-state index in [2.05, 4.69) is 36.2 Å².